The van der Waals surface area contributed by atoms with E-state index in [4.69, 9.17) is 0 Å². The van der Waals surface area contributed by atoms with Gasteiger partial charge in [-0.05, 0) is 31.9 Å². The molecule has 0 aliphatic rings. The van der Waals surface area contributed by atoms with Crippen molar-refractivity contribution in [2.75, 3.05) is 5.75 Å². The minimum Gasteiger partial charge on any atom is -0.353 e. The quantitative estimate of drug-likeness (QED) is 0.752. The molecule has 0 spiro atoms. The number of hydrogen-bond acceptors (Lipinski definition) is 5. The molecule has 0 fully saturated rings. The van der Waals surface area contributed by atoms with Crippen LogP contribution >= 0.6 is 11.8 Å². The highest BCUT2D eigenvalue weighted by Gasteiger charge is 2.15. The smallest absolute Gasteiger partial charge is 0.230 e. The van der Waals surface area contributed by atoms with Gasteiger partial charge in [-0.3, -0.25) is 9.78 Å². The number of hydrogen-bond donors (Lipinski definition) is 1. The Morgan fingerprint density at radius 3 is 2.70 bits per heavy atom. The summed E-state index contributed by atoms with van der Waals surface area (Å²) < 4.78 is 2.07. The van der Waals surface area contributed by atoms with Crippen LogP contribution in [0.3, 0.4) is 0 Å². The fourth-order valence-corrected chi connectivity index (χ4v) is 2.86. The zero-order valence-electron chi connectivity index (χ0n) is 13.8. The van der Waals surface area contributed by atoms with Crippen LogP contribution in [0.5, 0.6) is 0 Å². The van der Waals surface area contributed by atoms with Gasteiger partial charge < -0.3 is 9.88 Å². The first kappa shape index (κ1) is 17.5. The molecule has 0 saturated carbocycles. The number of pyridine rings is 1. The van der Waals surface area contributed by atoms with E-state index in [-0.39, 0.29) is 11.9 Å². The van der Waals surface area contributed by atoms with Crippen molar-refractivity contribution in [3.8, 4) is 11.4 Å². The maximum atomic E-state index is 11.9. The van der Waals surface area contributed by atoms with Gasteiger partial charge in [-0.15, -0.1) is 10.2 Å². The number of thioether (sulfide) groups is 1. The van der Waals surface area contributed by atoms with Gasteiger partial charge in [0.2, 0.25) is 5.91 Å². The minimum atomic E-state index is 0.0286. The lowest BCUT2D eigenvalue weighted by Crippen LogP contribution is -2.33. The average molecular weight is 333 g/mol. The Hall–Kier alpha value is -1.89. The summed E-state index contributed by atoms with van der Waals surface area (Å²) in [6.45, 7) is 6.99. The van der Waals surface area contributed by atoms with E-state index in [1.807, 2.05) is 19.1 Å². The van der Waals surface area contributed by atoms with E-state index in [0.717, 1.165) is 35.9 Å². The molecule has 2 aromatic rings. The number of nitrogens with zero attached hydrogens (tertiary/aromatic N) is 4. The molecule has 2 heterocycles. The van der Waals surface area contributed by atoms with Crippen molar-refractivity contribution in [3.63, 3.8) is 0 Å². The lowest BCUT2D eigenvalue weighted by Gasteiger charge is -2.11. The fraction of sp³-hybridized carbons (Fsp3) is 0.500. The third-order valence-electron chi connectivity index (χ3n) is 3.45. The van der Waals surface area contributed by atoms with Gasteiger partial charge in [0.25, 0.3) is 0 Å². The second-order valence-electron chi connectivity index (χ2n) is 5.36. The van der Waals surface area contributed by atoms with Crippen LogP contribution in [0.4, 0.5) is 0 Å². The van der Waals surface area contributed by atoms with Gasteiger partial charge in [0.1, 0.15) is 0 Å². The standard InChI is InChI=1S/C16H23N5OS/c1-4-10-21-15(13-6-8-17-9-7-13)19-20-16(21)23-11-14(22)18-12(3)5-2/h6-9,12H,4-5,10-11H2,1-3H3,(H,18,22). The van der Waals surface area contributed by atoms with Gasteiger partial charge in [0.15, 0.2) is 11.0 Å². The van der Waals surface area contributed by atoms with Crippen molar-refractivity contribution in [1.82, 2.24) is 25.1 Å². The lowest BCUT2D eigenvalue weighted by molar-refractivity contribution is -0.119. The third-order valence-corrected chi connectivity index (χ3v) is 4.42. The topological polar surface area (TPSA) is 72.7 Å². The van der Waals surface area contributed by atoms with Crippen molar-refractivity contribution in [2.45, 2.75) is 51.4 Å². The molecule has 2 rings (SSSR count). The summed E-state index contributed by atoms with van der Waals surface area (Å²) in [4.78, 5) is 16.0. The summed E-state index contributed by atoms with van der Waals surface area (Å²) >= 11 is 1.42. The van der Waals surface area contributed by atoms with E-state index < -0.39 is 0 Å². The molecule has 6 nitrogen and oxygen atoms in total. The molecule has 1 atom stereocenters. The Bertz CT molecular complexity index is 629. The monoisotopic (exact) mass is 333 g/mol. The van der Waals surface area contributed by atoms with Crippen LogP contribution in [0, 0.1) is 0 Å². The highest BCUT2D eigenvalue weighted by atomic mass is 32.2. The second-order valence-corrected chi connectivity index (χ2v) is 6.30. The van der Waals surface area contributed by atoms with Crippen LogP contribution in [0.2, 0.25) is 0 Å². The Labute approximate surface area is 141 Å². The zero-order chi connectivity index (χ0) is 16.7. The van der Waals surface area contributed by atoms with Gasteiger partial charge in [-0.1, -0.05) is 25.6 Å². The molecule has 0 bridgehead atoms. The van der Waals surface area contributed by atoms with Crippen molar-refractivity contribution in [3.05, 3.63) is 24.5 Å². The molecule has 0 aliphatic carbocycles. The summed E-state index contributed by atoms with van der Waals surface area (Å²) in [5.74, 6) is 1.20. The molecule has 0 saturated heterocycles. The lowest BCUT2D eigenvalue weighted by atomic mass is 10.2. The molecule has 1 amide bonds. The molecule has 23 heavy (non-hydrogen) atoms. The number of nitrogens with one attached hydrogen (secondary N) is 1. The molecule has 1 unspecified atom stereocenters. The maximum absolute atomic E-state index is 11.9. The maximum Gasteiger partial charge on any atom is 0.230 e. The van der Waals surface area contributed by atoms with Gasteiger partial charge in [-0.2, -0.15) is 0 Å². The fourth-order valence-electron chi connectivity index (χ4n) is 2.08. The number of rotatable bonds is 8. The predicted octanol–water partition coefficient (Wildman–Crippen LogP) is 2.76. The number of amides is 1. The van der Waals surface area contributed by atoms with E-state index in [9.17, 15) is 4.79 Å². The molecule has 0 aromatic carbocycles. The first-order valence-electron chi connectivity index (χ1n) is 7.91. The Kier molecular flexibility index (Phi) is 6.58. The molecule has 0 aliphatic heterocycles. The summed E-state index contributed by atoms with van der Waals surface area (Å²) in [5.41, 5.74) is 0.983. The summed E-state index contributed by atoms with van der Waals surface area (Å²) in [6.07, 6.45) is 5.39. The van der Waals surface area contributed by atoms with Crippen LogP contribution in [-0.4, -0.2) is 37.5 Å². The van der Waals surface area contributed by atoms with Crippen molar-refractivity contribution in [1.29, 1.82) is 0 Å². The number of aromatic nitrogens is 4. The average Bonchev–Trinajstić information content (AvgIpc) is 2.97. The second kappa shape index (κ2) is 8.67. The summed E-state index contributed by atoms with van der Waals surface area (Å²) in [5, 5.41) is 12.3. The Morgan fingerprint density at radius 2 is 2.04 bits per heavy atom. The van der Waals surface area contributed by atoms with Crippen molar-refractivity contribution in [2.24, 2.45) is 0 Å². The van der Waals surface area contributed by atoms with E-state index in [1.165, 1.54) is 11.8 Å². The number of carbonyl (C=O) groups is 1. The molecule has 124 valence electrons. The first-order valence-corrected chi connectivity index (χ1v) is 8.90. The highest BCUT2D eigenvalue weighted by Crippen LogP contribution is 2.23. The third kappa shape index (κ3) is 4.79. The molecular formula is C16H23N5OS. The van der Waals surface area contributed by atoms with Gasteiger partial charge >= 0.3 is 0 Å². The largest absolute Gasteiger partial charge is 0.353 e. The SMILES string of the molecule is CCCn1c(SCC(=O)NC(C)CC)nnc1-c1ccncc1. The summed E-state index contributed by atoms with van der Waals surface area (Å²) in [6, 6.07) is 4.03. The molecule has 0 radical (unpaired) electrons. The van der Waals surface area contributed by atoms with E-state index in [2.05, 4.69) is 38.9 Å². The molecule has 7 heteroatoms. The number of carbonyl (C=O) groups excluding carboxylic acids is 1. The molecule has 2 aromatic heterocycles. The van der Waals surface area contributed by atoms with Crippen LogP contribution in [0.1, 0.15) is 33.6 Å². The predicted molar refractivity (Wildman–Crippen MR) is 92.2 cm³/mol. The van der Waals surface area contributed by atoms with E-state index >= 15 is 0 Å². The normalized spacial score (nSPS) is 12.1. The highest BCUT2D eigenvalue weighted by molar-refractivity contribution is 7.99. The van der Waals surface area contributed by atoms with Crippen LogP contribution in [0.25, 0.3) is 11.4 Å². The van der Waals surface area contributed by atoms with E-state index in [1.54, 1.807) is 12.4 Å². The Balaban J connectivity index is 2.10. The first-order chi connectivity index (χ1) is 11.2. The molecular weight excluding hydrogens is 310 g/mol. The van der Waals surface area contributed by atoms with Crippen LogP contribution < -0.4 is 5.32 Å². The van der Waals surface area contributed by atoms with E-state index in [0.29, 0.717) is 5.75 Å². The van der Waals surface area contributed by atoms with Gasteiger partial charge in [0, 0.05) is 30.5 Å². The minimum absolute atomic E-state index is 0.0286. The van der Waals surface area contributed by atoms with Gasteiger partial charge in [-0.25, -0.2) is 0 Å². The van der Waals surface area contributed by atoms with Crippen molar-refractivity contribution < 1.29 is 4.79 Å². The Morgan fingerprint density at radius 1 is 1.30 bits per heavy atom. The van der Waals surface area contributed by atoms with Crippen LogP contribution in [0.15, 0.2) is 29.7 Å². The van der Waals surface area contributed by atoms with Crippen molar-refractivity contribution >= 4 is 17.7 Å². The molecule has 1 N–H and O–H groups in total. The zero-order valence-corrected chi connectivity index (χ0v) is 14.6. The summed E-state index contributed by atoms with van der Waals surface area (Å²) in [7, 11) is 0. The van der Waals surface area contributed by atoms with Crippen LogP contribution in [-0.2, 0) is 11.3 Å². The van der Waals surface area contributed by atoms with Gasteiger partial charge in [0.05, 0.1) is 5.75 Å².